The molecule has 0 aromatic heterocycles. The van der Waals surface area contributed by atoms with Gasteiger partial charge < -0.3 is 0 Å². The van der Waals surface area contributed by atoms with Crippen molar-refractivity contribution in [3.05, 3.63) is 0 Å². The van der Waals surface area contributed by atoms with Crippen LogP contribution in [0.5, 0.6) is 0 Å². The summed E-state index contributed by atoms with van der Waals surface area (Å²) in [6.45, 7) is 2.62. The van der Waals surface area contributed by atoms with Crippen molar-refractivity contribution >= 4 is 17.3 Å². The van der Waals surface area contributed by atoms with E-state index >= 15 is 0 Å². The topological polar surface area (TPSA) is 51.2 Å². The van der Waals surface area contributed by atoms with Crippen molar-refractivity contribution in [2.45, 2.75) is 33.1 Å². The van der Waals surface area contributed by atoms with E-state index in [1.54, 1.807) is 0 Å². The third-order valence-electron chi connectivity index (χ3n) is 2.61. The fourth-order valence-electron chi connectivity index (χ4n) is 1.62. The molecule has 0 bridgehead atoms. The molecule has 1 aliphatic carbocycles. The summed E-state index contributed by atoms with van der Waals surface area (Å²) in [5.41, 5.74) is 0. The zero-order valence-corrected chi connectivity index (χ0v) is 8.00. The van der Waals surface area contributed by atoms with Gasteiger partial charge in [0.05, 0.1) is 0 Å². The molecule has 0 aromatic carbocycles. The van der Waals surface area contributed by atoms with E-state index in [1.165, 1.54) is 13.8 Å². The molecule has 0 radical (unpaired) electrons. The van der Waals surface area contributed by atoms with Gasteiger partial charge in [-0.2, -0.15) is 0 Å². The highest BCUT2D eigenvalue weighted by atomic mass is 16.2. The average molecular weight is 182 g/mol. The summed E-state index contributed by atoms with van der Waals surface area (Å²) in [5, 5.41) is 0. The van der Waals surface area contributed by atoms with Gasteiger partial charge in [-0.25, -0.2) is 0 Å². The first kappa shape index (κ1) is 10.1. The van der Waals surface area contributed by atoms with Crippen LogP contribution in [-0.2, 0) is 14.4 Å². The molecule has 72 valence electrons. The second-order valence-electron chi connectivity index (χ2n) is 3.68. The van der Waals surface area contributed by atoms with Crippen LogP contribution in [0.1, 0.15) is 33.1 Å². The van der Waals surface area contributed by atoms with Crippen molar-refractivity contribution < 1.29 is 14.4 Å². The van der Waals surface area contributed by atoms with Crippen molar-refractivity contribution in [2.75, 3.05) is 0 Å². The molecule has 0 amide bonds. The van der Waals surface area contributed by atoms with Gasteiger partial charge in [0.1, 0.15) is 17.5 Å². The molecule has 0 aliphatic heterocycles. The number of carbonyl (C=O) groups is 3. The van der Waals surface area contributed by atoms with Crippen LogP contribution >= 0.6 is 0 Å². The Kier molecular flexibility index (Phi) is 2.96. The van der Waals surface area contributed by atoms with Crippen molar-refractivity contribution in [1.29, 1.82) is 0 Å². The fourth-order valence-corrected chi connectivity index (χ4v) is 1.62. The van der Waals surface area contributed by atoms with Gasteiger partial charge in [-0.3, -0.25) is 14.4 Å². The predicted octanol–water partition coefficient (Wildman–Crippen LogP) is 1.15. The molecule has 0 spiro atoms. The lowest BCUT2D eigenvalue weighted by Crippen LogP contribution is -2.36. The van der Waals surface area contributed by atoms with Crippen molar-refractivity contribution in [3.8, 4) is 0 Å². The average Bonchev–Trinajstić information content (AvgIpc) is 1.79. The maximum absolute atomic E-state index is 11.6. The molecule has 13 heavy (non-hydrogen) atoms. The van der Waals surface area contributed by atoms with Crippen LogP contribution in [0.15, 0.2) is 0 Å². The Labute approximate surface area is 77.5 Å². The quantitative estimate of drug-likeness (QED) is 0.613. The summed E-state index contributed by atoms with van der Waals surface area (Å²) in [7, 11) is 0. The number of rotatable bonds is 4. The van der Waals surface area contributed by atoms with Gasteiger partial charge in [0.2, 0.25) is 0 Å². The van der Waals surface area contributed by atoms with Crippen molar-refractivity contribution in [2.24, 2.45) is 11.8 Å². The third-order valence-corrected chi connectivity index (χ3v) is 2.61. The van der Waals surface area contributed by atoms with Gasteiger partial charge in [-0.15, -0.1) is 0 Å². The summed E-state index contributed by atoms with van der Waals surface area (Å²) in [5.74, 6) is -1.80. The maximum atomic E-state index is 11.6. The predicted molar refractivity (Wildman–Crippen MR) is 47.2 cm³/mol. The lowest BCUT2D eigenvalue weighted by Gasteiger charge is -2.26. The van der Waals surface area contributed by atoms with Gasteiger partial charge in [-0.1, -0.05) is 6.42 Å². The van der Waals surface area contributed by atoms with E-state index in [2.05, 4.69) is 0 Å². The summed E-state index contributed by atoms with van der Waals surface area (Å²) < 4.78 is 0. The first-order chi connectivity index (χ1) is 6.04. The molecule has 0 heterocycles. The summed E-state index contributed by atoms with van der Waals surface area (Å²) in [6, 6.07) is 0. The van der Waals surface area contributed by atoms with Gasteiger partial charge in [0.15, 0.2) is 5.78 Å². The van der Waals surface area contributed by atoms with E-state index in [0.717, 1.165) is 19.3 Å². The minimum absolute atomic E-state index is 0.0298. The first-order valence-electron chi connectivity index (χ1n) is 4.58. The molecule has 3 nitrogen and oxygen atoms in total. The number of carbonyl (C=O) groups excluding carboxylic acids is 3. The van der Waals surface area contributed by atoms with Crippen molar-refractivity contribution in [3.63, 3.8) is 0 Å². The Morgan fingerprint density at radius 1 is 1.08 bits per heavy atom. The Balaban J connectivity index is 2.69. The van der Waals surface area contributed by atoms with Gasteiger partial charge in [-0.05, 0) is 26.7 Å². The molecule has 0 aromatic rings. The van der Waals surface area contributed by atoms with Crippen LogP contribution in [0.2, 0.25) is 0 Å². The molecule has 1 fully saturated rings. The second kappa shape index (κ2) is 3.81. The summed E-state index contributed by atoms with van der Waals surface area (Å²) >= 11 is 0. The zero-order valence-electron chi connectivity index (χ0n) is 8.00. The molecular weight excluding hydrogens is 168 g/mol. The van der Waals surface area contributed by atoms with Gasteiger partial charge in [0.25, 0.3) is 0 Å². The largest absolute Gasteiger partial charge is 0.299 e. The van der Waals surface area contributed by atoms with Crippen LogP contribution in [-0.4, -0.2) is 17.3 Å². The Hall–Kier alpha value is -0.990. The lowest BCUT2D eigenvalue weighted by atomic mass is 9.76. The Morgan fingerprint density at radius 3 is 1.77 bits per heavy atom. The summed E-state index contributed by atoms with van der Waals surface area (Å²) in [4.78, 5) is 33.6. The highest BCUT2D eigenvalue weighted by molar-refractivity contribution is 6.18. The van der Waals surface area contributed by atoms with E-state index < -0.39 is 5.92 Å². The van der Waals surface area contributed by atoms with Crippen LogP contribution < -0.4 is 0 Å². The highest BCUT2D eigenvalue weighted by Gasteiger charge is 2.35. The SMILES string of the molecule is CC(=O)C(C(C)=O)C(=O)C1CCC1. The molecule has 3 heteroatoms. The van der Waals surface area contributed by atoms with Crippen LogP contribution in [0.4, 0.5) is 0 Å². The van der Waals surface area contributed by atoms with E-state index in [9.17, 15) is 14.4 Å². The van der Waals surface area contributed by atoms with Gasteiger partial charge in [0, 0.05) is 5.92 Å². The van der Waals surface area contributed by atoms with E-state index in [4.69, 9.17) is 0 Å². The molecule has 1 saturated carbocycles. The van der Waals surface area contributed by atoms with Crippen LogP contribution in [0, 0.1) is 11.8 Å². The smallest absolute Gasteiger partial charge is 0.153 e. The molecule has 0 N–H and O–H groups in total. The molecule has 0 unspecified atom stereocenters. The molecule has 0 saturated heterocycles. The van der Waals surface area contributed by atoms with Crippen LogP contribution in [0.25, 0.3) is 0 Å². The minimum Gasteiger partial charge on any atom is -0.299 e. The Bertz CT molecular complexity index is 237. The summed E-state index contributed by atoms with van der Waals surface area (Å²) in [6.07, 6.45) is 2.73. The molecule has 0 atom stereocenters. The third kappa shape index (κ3) is 2.02. The van der Waals surface area contributed by atoms with E-state index in [1.807, 2.05) is 0 Å². The number of ketones is 3. The standard InChI is InChI=1S/C10H14O3/c1-6(11)9(7(2)12)10(13)8-4-3-5-8/h8-9H,3-5H2,1-2H3. The fraction of sp³-hybridized carbons (Fsp3) is 0.700. The lowest BCUT2D eigenvalue weighted by molar-refractivity contribution is -0.141. The van der Waals surface area contributed by atoms with Crippen molar-refractivity contribution in [1.82, 2.24) is 0 Å². The number of hydrogen-bond donors (Lipinski definition) is 0. The van der Waals surface area contributed by atoms with E-state index in [0.29, 0.717) is 0 Å². The molecule has 1 rings (SSSR count). The molecule has 1 aliphatic rings. The second-order valence-corrected chi connectivity index (χ2v) is 3.68. The number of hydrogen-bond acceptors (Lipinski definition) is 3. The normalized spacial score (nSPS) is 16.8. The maximum Gasteiger partial charge on any atom is 0.153 e. The van der Waals surface area contributed by atoms with E-state index in [-0.39, 0.29) is 23.3 Å². The molecular formula is C10H14O3. The Morgan fingerprint density at radius 2 is 1.54 bits per heavy atom. The van der Waals surface area contributed by atoms with Crippen LogP contribution in [0.3, 0.4) is 0 Å². The highest BCUT2D eigenvalue weighted by Crippen LogP contribution is 2.30. The van der Waals surface area contributed by atoms with Gasteiger partial charge >= 0.3 is 0 Å². The zero-order chi connectivity index (χ0) is 10.0. The minimum atomic E-state index is -0.981. The number of Topliss-reactive ketones (excluding diaryl/α,β-unsaturated/α-hetero) is 3. The monoisotopic (exact) mass is 182 g/mol. The first-order valence-corrected chi connectivity index (χ1v) is 4.58.